The topological polar surface area (TPSA) is 58.6 Å². The van der Waals surface area contributed by atoms with E-state index in [9.17, 15) is 4.79 Å². The van der Waals surface area contributed by atoms with Gasteiger partial charge in [0.15, 0.2) is 0 Å². The van der Waals surface area contributed by atoms with Crippen molar-refractivity contribution in [3.63, 3.8) is 0 Å². The van der Waals surface area contributed by atoms with E-state index in [1.165, 1.54) is 11.8 Å². The lowest BCUT2D eigenvalue weighted by Crippen LogP contribution is -2.39. The quantitative estimate of drug-likeness (QED) is 0.610. The number of carbonyl (C=O) groups excluding carboxylic acids is 1. The highest BCUT2D eigenvalue weighted by atomic mass is 32.2. The first-order valence-corrected chi connectivity index (χ1v) is 5.52. The largest absolute Gasteiger partial charge is 0.396 e. The van der Waals surface area contributed by atoms with Gasteiger partial charge in [-0.15, -0.1) is 0 Å². The van der Waals surface area contributed by atoms with E-state index >= 15 is 0 Å². The number of carbonyl (C=O) groups is 1. The Hall–Kier alpha value is -0.260. The molecule has 0 spiro atoms. The number of amides is 1. The zero-order valence-corrected chi connectivity index (χ0v) is 8.89. The minimum Gasteiger partial charge on any atom is -0.396 e. The van der Waals surface area contributed by atoms with Gasteiger partial charge in [-0.3, -0.25) is 4.79 Å². The van der Waals surface area contributed by atoms with Crippen LogP contribution in [0.4, 0.5) is 0 Å². The van der Waals surface area contributed by atoms with E-state index in [4.69, 9.17) is 9.84 Å². The molecule has 0 bridgehead atoms. The van der Waals surface area contributed by atoms with Gasteiger partial charge in [-0.05, 0) is 12.7 Å². The SMILES string of the molecule is COCC(CCO)NC(=O)CSC. The number of methoxy groups -OCH3 is 1. The molecular weight excluding hydrogens is 190 g/mol. The molecule has 0 aromatic rings. The maximum absolute atomic E-state index is 11.1. The second-order valence-electron chi connectivity index (χ2n) is 2.67. The molecule has 0 heterocycles. The van der Waals surface area contributed by atoms with Crippen LogP contribution < -0.4 is 5.32 Å². The van der Waals surface area contributed by atoms with Crippen molar-refractivity contribution in [3.05, 3.63) is 0 Å². The van der Waals surface area contributed by atoms with Crippen LogP contribution in [0.5, 0.6) is 0 Å². The molecule has 0 saturated heterocycles. The average molecular weight is 207 g/mol. The molecule has 78 valence electrons. The number of ether oxygens (including phenoxy) is 1. The predicted octanol–water partition coefficient (Wildman–Crippen LogP) is -0.137. The van der Waals surface area contributed by atoms with Crippen molar-refractivity contribution in [2.75, 3.05) is 32.3 Å². The summed E-state index contributed by atoms with van der Waals surface area (Å²) in [7, 11) is 1.57. The molecule has 0 aromatic heterocycles. The van der Waals surface area contributed by atoms with Gasteiger partial charge in [0, 0.05) is 13.7 Å². The maximum Gasteiger partial charge on any atom is 0.230 e. The molecule has 0 rings (SSSR count). The van der Waals surface area contributed by atoms with Crippen molar-refractivity contribution in [3.8, 4) is 0 Å². The summed E-state index contributed by atoms with van der Waals surface area (Å²) in [6.45, 7) is 0.508. The molecule has 0 aliphatic carbocycles. The third-order valence-electron chi connectivity index (χ3n) is 1.49. The van der Waals surface area contributed by atoms with E-state index in [2.05, 4.69) is 5.32 Å². The maximum atomic E-state index is 11.1. The van der Waals surface area contributed by atoms with Crippen LogP contribution >= 0.6 is 11.8 Å². The van der Waals surface area contributed by atoms with Crippen LogP contribution in [0.2, 0.25) is 0 Å². The number of hydrogen-bond acceptors (Lipinski definition) is 4. The Morgan fingerprint density at radius 1 is 1.69 bits per heavy atom. The molecule has 1 amide bonds. The van der Waals surface area contributed by atoms with Gasteiger partial charge in [-0.25, -0.2) is 0 Å². The molecule has 13 heavy (non-hydrogen) atoms. The third kappa shape index (κ3) is 6.86. The van der Waals surface area contributed by atoms with Crippen LogP contribution in [0, 0.1) is 0 Å². The first kappa shape index (κ1) is 12.7. The summed E-state index contributed by atoms with van der Waals surface area (Å²) in [6, 6.07) is -0.0744. The van der Waals surface area contributed by atoms with Gasteiger partial charge >= 0.3 is 0 Å². The van der Waals surface area contributed by atoms with Crippen molar-refractivity contribution < 1.29 is 14.6 Å². The van der Waals surface area contributed by atoms with Crippen LogP contribution in [0.15, 0.2) is 0 Å². The van der Waals surface area contributed by atoms with Crippen LogP contribution in [-0.2, 0) is 9.53 Å². The molecule has 0 aromatic carbocycles. The van der Waals surface area contributed by atoms with Crippen LogP contribution in [0.25, 0.3) is 0 Å². The highest BCUT2D eigenvalue weighted by Crippen LogP contribution is 1.95. The Bertz CT molecular complexity index is 137. The molecule has 4 nitrogen and oxygen atoms in total. The summed E-state index contributed by atoms with van der Waals surface area (Å²) in [6.07, 6.45) is 2.41. The van der Waals surface area contributed by atoms with Gasteiger partial charge in [0.1, 0.15) is 0 Å². The molecule has 5 heteroatoms. The Labute approximate surface area is 83.0 Å². The highest BCUT2D eigenvalue weighted by molar-refractivity contribution is 7.99. The van der Waals surface area contributed by atoms with E-state index in [0.29, 0.717) is 18.8 Å². The first-order chi connectivity index (χ1) is 6.24. The first-order valence-electron chi connectivity index (χ1n) is 4.12. The lowest BCUT2D eigenvalue weighted by atomic mass is 10.2. The second-order valence-corrected chi connectivity index (χ2v) is 3.53. The summed E-state index contributed by atoms with van der Waals surface area (Å²) in [5.41, 5.74) is 0. The van der Waals surface area contributed by atoms with Crippen LogP contribution in [0.3, 0.4) is 0 Å². The van der Waals surface area contributed by atoms with Crippen LogP contribution in [0.1, 0.15) is 6.42 Å². The minimum absolute atomic E-state index is 0.0111. The molecule has 1 atom stereocenters. The zero-order chi connectivity index (χ0) is 10.1. The molecule has 0 fully saturated rings. The Kier molecular flexibility index (Phi) is 8.18. The smallest absolute Gasteiger partial charge is 0.230 e. The van der Waals surface area contributed by atoms with Gasteiger partial charge in [0.2, 0.25) is 5.91 Å². The van der Waals surface area contributed by atoms with Crippen molar-refractivity contribution in [2.45, 2.75) is 12.5 Å². The van der Waals surface area contributed by atoms with Gasteiger partial charge in [0.05, 0.1) is 18.4 Å². The van der Waals surface area contributed by atoms with Gasteiger partial charge < -0.3 is 15.2 Å². The lowest BCUT2D eigenvalue weighted by molar-refractivity contribution is -0.119. The minimum atomic E-state index is -0.0744. The lowest BCUT2D eigenvalue weighted by Gasteiger charge is -2.16. The number of thioether (sulfide) groups is 1. The summed E-state index contributed by atoms with van der Waals surface area (Å²) >= 11 is 1.47. The molecule has 0 radical (unpaired) electrons. The van der Waals surface area contributed by atoms with E-state index in [1.54, 1.807) is 7.11 Å². The molecule has 0 saturated carbocycles. The Morgan fingerprint density at radius 3 is 2.85 bits per heavy atom. The van der Waals surface area contributed by atoms with E-state index in [-0.39, 0.29) is 18.6 Å². The Morgan fingerprint density at radius 2 is 2.38 bits per heavy atom. The number of aliphatic hydroxyl groups excluding tert-OH is 1. The monoisotopic (exact) mass is 207 g/mol. The van der Waals surface area contributed by atoms with E-state index in [1.807, 2.05) is 6.26 Å². The number of nitrogens with one attached hydrogen (secondary N) is 1. The summed E-state index contributed by atoms with van der Waals surface area (Å²) in [5.74, 6) is 0.439. The fraction of sp³-hybridized carbons (Fsp3) is 0.875. The van der Waals surface area contributed by atoms with Crippen molar-refractivity contribution in [1.82, 2.24) is 5.32 Å². The fourth-order valence-electron chi connectivity index (χ4n) is 0.955. The van der Waals surface area contributed by atoms with E-state index < -0.39 is 0 Å². The molecule has 0 aliphatic rings. The van der Waals surface area contributed by atoms with Gasteiger partial charge in [-0.2, -0.15) is 11.8 Å². The number of hydrogen-bond donors (Lipinski definition) is 2. The molecular formula is C8H17NO3S. The average Bonchev–Trinajstić information content (AvgIpc) is 2.05. The van der Waals surface area contributed by atoms with Crippen molar-refractivity contribution in [1.29, 1.82) is 0 Å². The number of rotatable bonds is 7. The Balaban J connectivity index is 3.71. The normalized spacial score (nSPS) is 12.5. The van der Waals surface area contributed by atoms with E-state index in [0.717, 1.165) is 0 Å². The van der Waals surface area contributed by atoms with Crippen molar-refractivity contribution >= 4 is 17.7 Å². The standard InChI is InChI=1S/C8H17NO3S/c1-12-5-7(3-4-10)9-8(11)6-13-2/h7,10H,3-6H2,1-2H3,(H,9,11). The van der Waals surface area contributed by atoms with Gasteiger partial charge in [0.25, 0.3) is 0 Å². The third-order valence-corrected chi connectivity index (χ3v) is 2.04. The van der Waals surface area contributed by atoms with Crippen LogP contribution in [-0.4, -0.2) is 49.4 Å². The zero-order valence-electron chi connectivity index (χ0n) is 8.08. The molecule has 2 N–H and O–H groups in total. The summed E-state index contributed by atoms with van der Waals surface area (Å²) in [5, 5.41) is 11.5. The van der Waals surface area contributed by atoms with Gasteiger partial charge in [-0.1, -0.05) is 0 Å². The second kappa shape index (κ2) is 8.34. The summed E-state index contributed by atoms with van der Waals surface area (Å²) < 4.78 is 4.90. The predicted molar refractivity (Wildman–Crippen MR) is 53.9 cm³/mol. The summed E-state index contributed by atoms with van der Waals surface area (Å²) in [4.78, 5) is 11.1. The fourth-order valence-corrected chi connectivity index (χ4v) is 1.30. The van der Waals surface area contributed by atoms with Crippen molar-refractivity contribution in [2.24, 2.45) is 0 Å². The molecule has 1 unspecified atom stereocenters. The highest BCUT2D eigenvalue weighted by Gasteiger charge is 2.10. The number of aliphatic hydroxyl groups is 1. The molecule has 0 aliphatic heterocycles.